The SMILES string of the molecule is Cc1cc(CS(=O)[O-])ccc1C(=O)c1ccon1. The molecule has 2 rings (SSSR count). The first-order chi connectivity index (χ1) is 8.58. The van der Waals surface area contributed by atoms with Crippen LogP contribution in [-0.4, -0.2) is 19.7 Å². The lowest BCUT2D eigenvalue weighted by Crippen LogP contribution is -2.05. The lowest BCUT2D eigenvalue weighted by Gasteiger charge is -2.08. The smallest absolute Gasteiger partial charge is 0.215 e. The molecule has 0 aliphatic heterocycles. The minimum atomic E-state index is -2.13. The number of carbonyl (C=O) groups excluding carboxylic acids is 1. The van der Waals surface area contributed by atoms with Gasteiger partial charge < -0.3 is 9.08 Å². The van der Waals surface area contributed by atoms with Crippen molar-refractivity contribution in [2.75, 3.05) is 0 Å². The molecule has 1 aromatic heterocycles. The number of nitrogens with zero attached hydrogens (tertiary/aromatic N) is 1. The van der Waals surface area contributed by atoms with Gasteiger partial charge in [-0.1, -0.05) is 34.4 Å². The fraction of sp³-hybridized carbons (Fsp3) is 0.167. The molecule has 0 saturated heterocycles. The van der Waals surface area contributed by atoms with Gasteiger partial charge in [0.25, 0.3) is 0 Å². The highest BCUT2D eigenvalue weighted by Crippen LogP contribution is 2.16. The molecule has 0 spiro atoms. The molecule has 2 aromatic rings. The standard InChI is InChI=1S/C12H11NO4S/c1-8-6-9(7-18(15)16)2-3-10(8)12(14)11-4-5-17-13-11/h2-6H,7H2,1H3,(H,15,16)/p-1. The number of benzene rings is 1. The van der Waals surface area contributed by atoms with Crippen LogP contribution < -0.4 is 0 Å². The molecule has 0 radical (unpaired) electrons. The predicted molar refractivity (Wildman–Crippen MR) is 63.7 cm³/mol. The molecular weight excluding hydrogens is 254 g/mol. The van der Waals surface area contributed by atoms with Gasteiger partial charge in [-0.15, -0.1) is 0 Å². The second kappa shape index (κ2) is 5.24. The molecule has 1 heterocycles. The Morgan fingerprint density at radius 3 is 2.78 bits per heavy atom. The zero-order valence-corrected chi connectivity index (χ0v) is 10.4. The van der Waals surface area contributed by atoms with Crippen molar-refractivity contribution in [1.82, 2.24) is 5.16 Å². The van der Waals surface area contributed by atoms with E-state index >= 15 is 0 Å². The van der Waals surface area contributed by atoms with E-state index in [2.05, 4.69) is 9.68 Å². The number of hydrogen-bond acceptors (Lipinski definition) is 5. The van der Waals surface area contributed by atoms with E-state index in [-0.39, 0.29) is 17.2 Å². The topological polar surface area (TPSA) is 83.2 Å². The number of hydrogen-bond donors (Lipinski definition) is 0. The van der Waals surface area contributed by atoms with Gasteiger partial charge in [0.15, 0.2) is 5.69 Å². The summed E-state index contributed by atoms with van der Waals surface area (Å²) in [5, 5.41) is 3.58. The molecule has 1 aromatic carbocycles. The largest absolute Gasteiger partial charge is 0.772 e. The zero-order chi connectivity index (χ0) is 13.1. The Balaban J connectivity index is 2.30. The second-order valence-electron chi connectivity index (χ2n) is 3.81. The average Bonchev–Trinajstić information content (AvgIpc) is 2.80. The summed E-state index contributed by atoms with van der Waals surface area (Å²) in [5.74, 6) is -0.296. The summed E-state index contributed by atoms with van der Waals surface area (Å²) >= 11 is -2.13. The van der Waals surface area contributed by atoms with Gasteiger partial charge in [0.1, 0.15) is 6.26 Å². The summed E-state index contributed by atoms with van der Waals surface area (Å²) in [6.07, 6.45) is 1.33. The second-order valence-corrected chi connectivity index (χ2v) is 4.71. The van der Waals surface area contributed by atoms with E-state index in [0.717, 1.165) is 0 Å². The van der Waals surface area contributed by atoms with Gasteiger partial charge in [0.05, 0.1) is 0 Å². The van der Waals surface area contributed by atoms with Gasteiger partial charge in [-0.25, -0.2) is 0 Å². The molecule has 0 N–H and O–H groups in total. The molecule has 0 bridgehead atoms. The predicted octanol–water partition coefficient (Wildman–Crippen LogP) is 1.59. The van der Waals surface area contributed by atoms with E-state index < -0.39 is 11.1 Å². The normalized spacial score (nSPS) is 12.3. The van der Waals surface area contributed by atoms with Crippen molar-refractivity contribution in [3.05, 3.63) is 52.9 Å². The van der Waals surface area contributed by atoms with Crippen LogP contribution in [0.5, 0.6) is 0 Å². The quantitative estimate of drug-likeness (QED) is 0.618. The summed E-state index contributed by atoms with van der Waals surface area (Å²) in [6.45, 7) is 1.75. The fourth-order valence-electron chi connectivity index (χ4n) is 1.67. The van der Waals surface area contributed by atoms with E-state index in [1.54, 1.807) is 25.1 Å². The lowest BCUT2D eigenvalue weighted by atomic mass is 10.0. The minimum absolute atomic E-state index is 0.0563. The first-order valence-electron chi connectivity index (χ1n) is 5.18. The number of aryl methyl sites for hydroxylation is 1. The van der Waals surface area contributed by atoms with Crippen molar-refractivity contribution < 1.29 is 18.1 Å². The highest BCUT2D eigenvalue weighted by Gasteiger charge is 2.14. The summed E-state index contributed by atoms with van der Waals surface area (Å²) in [5.41, 5.74) is 2.09. The Kier molecular flexibility index (Phi) is 3.69. The van der Waals surface area contributed by atoms with Crippen molar-refractivity contribution in [2.24, 2.45) is 0 Å². The van der Waals surface area contributed by atoms with Crippen LogP contribution in [0.3, 0.4) is 0 Å². The van der Waals surface area contributed by atoms with Gasteiger partial charge in [-0.3, -0.25) is 9.00 Å². The molecule has 0 aliphatic rings. The zero-order valence-electron chi connectivity index (χ0n) is 9.58. The third kappa shape index (κ3) is 2.72. The maximum atomic E-state index is 12.0. The summed E-state index contributed by atoms with van der Waals surface area (Å²) in [6, 6.07) is 6.40. The van der Waals surface area contributed by atoms with Crippen molar-refractivity contribution >= 4 is 16.9 Å². The minimum Gasteiger partial charge on any atom is -0.772 e. The van der Waals surface area contributed by atoms with Crippen LogP contribution in [0.15, 0.2) is 35.1 Å². The molecule has 0 amide bonds. The maximum Gasteiger partial charge on any atom is 0.215 e. The van der Waals surface area contributed by atoms with E-state index in [9.17, 15) is 13.6 Å². The fourth-order valence-corrected chi connectivity index (χ4v) is 2.13. The van der Waals surface area contributed by atoms with Gasteiger partial charge in [0.2, 0.25) is 5.78 Å². The first-order valence-corrected chi connectivity index (χ1v) is 6.43. The Hall–Kier alpha value is -1.79. The third-order valence-corrected chi connectivity index (χ3v) is 3.06. The van der Waals surface area contributed by atoms with E-state index in [4.69, 9.17) is 0 Å². The van der Waals surface area contributed by atoms with Crippen LogP contribution in [-0.2, 0) is 16.8 Å². The summed E-state index contributed by atoms with van der Waals surface area (Å²) < 4.78 is 25.8. The molecule has 1 unspecified atom stereocenters. The Bertz CT molecular complexity index is 592. The maximum absolute atomic E-state index is 12.0. The van der Waals surface area contributed by atoms with Crippen molar-refractivity contribution in [3.63, 3.8) is 0 Å². The highest BCUT2D eigenvalue weighted by atomic mass is 32.2. The average molecular weight is 264 g/mol. The molecule has 0 aliphatic carbocycles. The van der Waals surface area contributed by atoms with Gasteiger partial charge in [0, 0.05) is 17.4 Å². The van der Waals surface area contributed by atoms with Gasteiger partial charge in [-0.2, -0.15) is 0 Å². The molecule has 18 heavy (non-hydrogen) atoms. The molecule has 1 atom stereocenters. The van der Waals surface area contributed by atoms with Crippen LogP contribution in [0.2, 0.25) is 0 Å². The first kappa shape index (κ1) is 12.7. The van der Waals surface area contributed by atoms with Crippen LogP contribution in [0, 0.1) is 6.92 Å². The number of ketones is 1. The van der Waals surface area contributed by atoms with Gasteiger partial charge >= 0.3 is 0 Å². The van der Waals surface area contributed by atoms with Crippen molar-refractivity contribution in [2.45, 2.75) is 12.7 Å². The number of carbonyl (C=O) groups is 1. The Morgan fingerprint density at radius 1 is 1.44 bits per heavy atom. The molecule has 6 heteroatoms. The van der Waals surface area contributed by atoms with Crippen LogP contribution >= 0.6 is 0 Å². The van der Waals surface area contributed by atoms with Crippen LogP contribution in [0.25, 0.3) is 0 Å². The molecule has 0 fully saturated rings. The van der Waals surface area contributed by atoms with E-state index in [0.29, 0.717) is 16.7 Å². The highest BCUT2D eigenvalue weighted by molar-refractivity contribution is 7.78. The molecule has 0 saturated carbocycles. The Labute approximate surface area is 106 Å². The third-order valence-electron chi connectivity index (χ3n) is 2.49. The lowest BCUT2D eigenvalue weighted by molar-refractivity contribution is 0.103. The molecule has 5 nitrogen and oxygen atoms in total. The molecular formula is C12H10NO4S-. The van der Waals surface area contributed by atoms with E-state index in [1.807, 2.05) is 0 Å². The van der Waals surface area contributed by atoms with Crippen LogP contribution in [0.4, 0.5) is 0 Å². The number of aromatic nitrogens is 1. The van der Waals surface area contributed by atoms with Gasteiger partial charge in [-0.05, 0) is 18.1 Å². The molecule has 94 valence electrons. The van der Waals surface area contributed by atoms with Crippen molar-refractivity contribution in [1.29, 1.82) is 0 Å². The summed E-state index contributed by atoms with van der Waals surface area (Å²) in [4.78, 5) is 12.0. The van der Waals surface area contributed by atoms with Crippen LogP contribution in [0.1, 0.15) is 27.2 Å². The van der Waals surface area contributed by atoms with Crippen molar-refractivity contribution in [3.8, 4) is 0 Å². The Morgan fingerprint density at radius 2 is 2.22 bits per heavy atom. The monoisotopic (exact) mass is 264 g/mol. The van der Waals surface area contributed by atoms with E-state index in [1.165, 1.54) is 12.3 Å². The summed E-state index contributed by atoms with van der Waals surface area (Å²) in [7, 11) is 0. The number of rotatable bonds is 4.